The second-order valence-electron chi connectivity index (χ2n) is 5.50. The maximum absolute atomic E-state index is 11.9. The van der Waals surface area contributed by atoms with Crippen molar-refractivity contribution in [3.05, 3.63) is 18.2 Å². The van der Waals surface area contributed by atoms with Crippen LogP contribution in [0.1, 0.15) is 12.8 Å². The molecule has 1 aliphatic rings. The average molecular weight is 317 g/mol. The Hall–Kier alpha value is -1.08. The van der Waals surface area contributed by atoms with E-state index in [0.717, 1.165) is 19.1 Å². The van der Waals surface area contributed by atoms with Crippen LogP contribution in [0.25, 0.3) is 0 Å². The van der Waals surface area contributed by atoms with Gasteiger partial charge < -0.3 is 4.90 Å². The molecule has 0 spiro atoms. The van der Waals surface area contributed by atoms with Crippen molar-refractivity contribution >= 4 is 25.4 Å². The fourth-order valence-electron chi connectivity index (χ4n) is 2.12. The minimum absolute atomic E-state index is 0.0292. The third-order valence-corrected chi connectivity index (χ3v) is 5.64. The second-order valence-corrected chi connectivity index (χ2v) is 9.50. The lowest BCUT2D eigenvalue weighted by Gasteiger charge is -2.22. The molecule has 1 aromatic carbocycles. The van der Waals surface area contributed by atoms with Gasteiger partial charge in [-0.2, -0.15) is 0 Å². The summed E-state index contributed by atoms with van der Waals surface area (Å²) in [6.45, 7) is 0.792. The van der Waals surface area contributed by atoms with Gasteiger partial charge in [-0.05, 0) is 37.0 Å². The summed E-state index contributed by atoms with van der Waals surface area (Å²) >= 11 is 0. The number of anilines is 1. The van der Waals surface area contributed by atoms with Gasteiger partial charge >= 0.3 is 0 Å². The van der Waals surface area contributed by atoms with Crippen LogP contribution in [-0.2, 0) is 19.7 Å². The molecule has 0 saturated heterocycles. The SMILES string of the molecule is CN(CC1CC1)c1ccc(S(C)(=O)=O)cc1S(C)(=O)=O. The van der Waals surface area contributed by atoms with Crippen LogP contribution >= 0.6 is 0 Å². The lowest BCUT2D eigenvalue weighted by atomic mass is 10.2. The maximum atomic E-state index is 11.9. The molecular formula is C13H19NO4S2. The summed E-state index contributed by atoms with van der Waals surface area (Å²) in [6.07, 6.45) is 4.50. The predicted octanol–water partition coefficient (Wildman–Crippen LogP) is 1.34. The predicted molar refractivity (Wildman–Crippen MR) is 78.7 cm³/mol. The molecule has 1 fully saturated rings. The fraction of sp³-hybridized carbons (Fsp3) is 0.538. The molecule has 5 nitrogen and oxygen atoms in total. The summed E-state index contributed by atoms with van der Waals surface area (Å²) < 4.78 is 47.0. The first-order chi connectivity index (χ1) is 9.09. The lowest BCUT2D eigenvalue weighted by molar-refractivity contribution is 0.599. The molecule has 0 unspecified atom stereocenters. The van der Waals surface area contributed by atoms with Gasteiger partial charge in [-0.3, -0.25) is 0 Å². The molecule has 0 radical (unpaired) electrons. The van der Waals surface area contributed by atoms with E-state index >= 15 is 0 Å². The fourth-order valence-corrected chi connectivity index (χ4v) is 3.79. The Morgan fingerprint density at radius 3 is 2.15 bits per heavy atom. The molecule has 2 rings (SSSR count). The van der Waals surface area contributed by atoms with Crippen LogP contribution in [-0.4, -0.2) is 42.9 Å². The second kappa shape index (κ2) is 5.04. The molecule has 0 amide bonds. The van der Waals surface area contributed by atoms with Gasteiger partial charge in [0.15, 0.2) is 19.7 Å². The van der Waals surface area contributed by atoms with Gasteiger partial charge in [-0.15, -0.1) is 0 Å². The molecule has 0 aromatic heterocycles. The molecule has 0 atom stereocenters. The van der Waals surface area contributed by atoms with Crippen molar-refractivity contribution < 1.29 is 16.8 Å². The number of nitrogens with zero attached hydrogens (tertiary/aromatic N) is 1. The first-order valence-corrected chi connectivity index (χ1v) is 10.1. The van der Waals surface area contributed by atoms with Crippen LogP contribution in [0.3, 0.4) is 0 Å². The van der Waals surface area contributed by atoms with Gasteiger partial charge in [0.2, 0.25) is 0 Å². The summed E-state index contributed by atoms with van der Waals surface area (Å²) in [5.74, 6) is 0.613. The number of rotatable bonds is 5. The Morgan fingerprint density at radius 1 is 1.10 bits per heavy atom. The lowest BCUT2D eigenvalue weighted by Crippen LogP contribution is -2.22. The molecule has 1 aromatic rings. The van der Waals surface area contributed by atoms with E-state index in [1.54, 1.807) is 6.07 Å². The van der Waals surface area contributed by atoms with Crippen molar-refractivity contribution in [3.8, 4) is 0 Å². The largest absolute Gasteiger partial charge is 0.373 e. The average Bonchev–Trinajstić information content (AvgIpc) is 3.09. The van der Waals surface area contributed by atoms with Crippen LogP contribution in [0.2, 0.25) is 0 Å². The zero-order valence-electron chi connectivity index (χ0n) is 11.8. The van der Waals surface area contributed by atoms with Crippen molar-refractivity contribution in [2.24, 2.45) is 5.92 Å². The Bertz CT molecular complexity index is 719. The van der Waals surface area contributed by atoms with E-state index in [9.17, 15) is 16.8 Å². The first-order valence-electron chi connectivity index (χ1n) is 6.34. The van der Waals surface area contributed by atoms with Crippen molar-refractivity contribution in [3.63, 3.8) is 0 Å². The van der Waals surface area contributed by atoms with Gasteiger partial charge in [0.05, 0.1) is 15.5 Å². The molecule has 7 heteroatoms. The molecule has 0 aliphatic heterocycles. The topological polar surface area (TPSA) is 71.5 Å². The van der Waals surface area contributed by atoms with Crippen LogP contribution in [0.5, 0.6) is 0 Å². The third-order valence-electron chi connectivity index (χ3n) is 3.40. The van der Waals surface area contributed by atoms with E-state index in [1.807, 2.05) is 11.9 Å². The minimum atomic E-state index is -3.48. The highest BCUT2D eigenvalue weighted by Crippen LogP contribution is 2.33. The maximum Gasteiger partial charge on any atom is 0.177 e. The Morgan fingerprint density at radius 2 is 1.70 bits per heavy atom. The number of benzene rings is 1. The Balaban J connectivity index is 2.51. The highest BCUT2D eigenvalue weighted by atomic mass is 32.2. The van der Waals surface area contributed by atoms with E-state index in [-0.39, 0.29) is 9.79 Å². The number of sulfone groups is 2. The van der Waals surface area contributed by atoms with Crippen molar-refractivity contribution in [2.75, 3.05) is 31.0 Å². The van der Waals surface area contributed by atoms with Crippen LogP contribution in [0.15, 0.2) is 28.0 Å². The summed E-state index contributed by atoms with van der Waals surface area (Å²) in [5.41, 5.74) is 0.562. The molecule has 1 saturated carbocycles. The minimum Gasteiger partial charge on any atom is -0.373 e. The van der Waals surface area contributed by atoms with Crippen molar-refractivity contribution in [1.82, 2.24) is 0 Å². The molecule has 0 N–H and O–H groups in total. The van der Waals surface area contributed by atoms with Crippen LogP contribution in [0, 0.1) is 5.92 Å². The van der Waals surface area contributed by atoms with E-state index in [0.29, 0.717) is 11.6 Å². The molecule has 20 heavy (non-hydrogen) atoms. The number of hydrogen-bond acceptors (Lipinski definition) is 5. The summed E-state index contributed by atoms with van der Waals surface area (Å²) in [7, 11) is -5.07. The quantitative estimate of drug-likeness (QED) is 0.819. The normalized spacial score (nSPS) is 16.1. The van der Waals surface area contributed by atoms with Gasteiger partial charge in [0.25, 0.3) is 0 Å². The summed E-state index contributed by atoms with van der Waals surface area (Å²) in [4.78, 5) is 1.99. The molecule has 112 valence electrons. The van der Waals surface area contributed by atoms with Crippen molar-refractivity contribution in [2.45, 2.75) is 22.6 Å². The highest BCUT2D eigenvalue weighted by Gasteiger charge is 2.26. The molecular weight excluding hydrogens is 298 g/mol. The van der Waals surface area contributed by atoms with Crippen LogP contribution in [0.4, 0.5) is 5.69 Å². The zero-order chi connectivity index (χ0) is 15.1. The van der Waals surface area contributed by atoms with E-state index < -0.39 is 19.7 Å². The zero-order valence-corrected chi connectivity index (χ0v) is 13.5. The smallest absolute Gasteiger partial charge is 0.177 e. The number of hydrogen-bond donors (Lipinski definition) is 0. The van der Waals surface area contributed by atoms with Gasteiger partial charge in [0, 0.05) is 26.1 Å². The highest BCUT2D eigenvalue weighted by molar-refractivity contribution is 7.91. The standard InChI is InChI=1S/C13H19NO4S2/c1-14(9-10-4-5-10)12-7-6-11(19(2,15)16)8-13(12)20(3,17)18/h6-8,10H,4-5,9H2,1-3H3. The van der Waals surface area contributed by atoms with Gasteiger partial charge in [0.1, 0.15) is 0 Å². The van der Waals surface area contributed by atoms with E-state index in [1.165, 1.54) is 25.0 Å². The third kappa shape index (κ3) is 3.52. The van der Waals surface area contributed by atoms with E-state index in [2.05, 4.69) is 0 Å². The Labute approximate surface area is 120 Å². The monoisotopic (exact) mass is 317 g/mol. The molecule has 0 heterocycles. The Kier molecular flexibility index (Phi) is 3.85. The van der Waals surface area contributed by atoms with Crippen molar-refractivity contribution in [1.29, 1.82) is 0 Å². The molecule has 0 bridgehead atoms. The van der Waals surface area contributed by atoms with E-state index in [4.69, 9.17) is 0 Å². The van der Waals surface area contributed by atoms with Gasteiger partial charge in [-0.1, -0.05) is 0 Å². The summed E-state index contributed by atoms with van der Waals surface area (Å²) in [5, 5.41) is 0. The summed E-state index contributed by atoms with van der Waals surface area (Å²) in [6, 6.07) is 4.29. The first kappa shape index (κ1) is 15.3. The molecule has 1 aliphatic carbocycles. The van der Waals surface area contributed by atoms with Gasteiger partial charge in [-0.25, -0.2) is 16.8 Å². The van der Waals surface area contributed by atoms with Crippen LogP contribution < -0.4 is 4.90 Å².